The number of benzene rings is 1. The van der Waals surface area contributed by atoms with E-state index in [-0.39, 0.29) is 24.0 Å². The molecule has 10 heteroatoms. The van der Waals surface area contributed by atoms with Crippen LogP contribution in [0.25, 0.3) is 0 Å². The summed E-state index contributed by atoms with van der Waals surface area (Å²) in [6, 6.07) is 10.6. The summed E-state index contributed by atoms with van der Waals surface area (Å²) in [5.41, 5.74) is 5.21. The normalized spacial score (nSPS) is 14.0. The van der Waals surface area contributed by atoms with Gasteiger partial charge in [-0.05, 0) is 36.2 Å². The van der Waals surface area contributed by atoms with Gasteiger partial charge in [-0.15, -0.1) is 0 Å². The van der Waals surface area contributed by atoms with Gasteiger partial charge in [0.1, 0.15) is 5.69 Å². The molecule has 0 bridgehead atoms. The molecule has 1 aromatic carbocycles. The van der Waals surface area contributed by atoms with E-state index in [9.17, 15) is 9.18 Å². The van der Waals surface area contributed by atoms with E-state index in [1.165, 1.54) is 6.21 Å². The number of nitrogens with one attached hydrogen (secondary N) is 1. The Morgan fingerprint density at radius 3 is 2.82 bits per heavy atom. The molecule has 1 N–H and O–H groups in total. The number of aryl methyl sites for hydroxylation is 1. The number of aromatic nitrogens is 3. The molecule has 0 unspecified atom stereocenters. The first-order valence-electron chi connectivity index (χ1n) is 10.4. The number of hydrogen-bond donors (Lipinski definition) is 1. The molecule has 0 atom stereocenters. The Balaban J connectivity index is 1.43. The third kappa shape index (κ3) is 5.68. The zero-order valence-electron chi connectivity index (χ0n) is 18.0. The minimum absolute atomic E-state index is 0.147. The maximum atomic E-state index is 14.1. The van der Waals surface area contributed by atoms with Crippen LogP contribution in [0.4, 0.5) is 16.2 Å². The monoisotopic (exact) mass is 468 g/mol. The molecule has 1 saturated heterocycles. The smallest absolute Gasteiger partial charge is 0.245 e. The number of ketones is 1. The quantitative estimate of drug-likeness (QED) is 0.321. The third-order valence-electron chi connectivity index (χ3n) is 5.14. The predicted octanol–water partition coefficient (Wildman–Crippen LogP) is 3.68. The van der Waals surface area contributed by atoms with Gasteiger partial charge in [0, 0.05) is 24.5 Å². The van der Waals surface area contributed by atoms with E-state index < -0.39 is 5.82 Å². The van der Waals surface area contributed by atoms with Crippen molar-refractivity contribution in [2.45, 2.75) is 13.3 Å². The maximum Gasteiger partial charge on any atom is 0.245 e. The summed E-state index contributed by atoms with van der Waals surface area (Å²) in [4.78, 5) is 27.0. The van der Waals surface area contributed by atoms with Gasteiger partial charge >= 0.3 is 0 Å². The van der Waals surface area contributed by atoms with Crippen LogP contribution in [0.1, 0.15) is 27.3 Å². The largest absolute Gasteiger partial charge is 0.378 e. The SMILES string of the molecule is Cc1cccc(Cl)c1CC(=O)c1cccc(/C=N/Nc2ncc(F)c(N3CCOCC3)n2)n1. The van der Waals surface area contributed by atoms with E-state index in [1.807, 2.05) is 19.1 Å². The number of morpholine rings is 1. The van der Waals surface area contributed by atoms with Gasteiger partial charge in [-0.2, -0.15) is 10.1 Å². The maximum absolute atomic E-state index is 14.1. The molecule has 33 heavy (non-hydrogen) atoms. The second-order valence-electron chi connectivity index (χ2n) is 7.42. The van der Waals surface area contributed by atoms with Crippen molar-refractivity contribution in [1.29, 1.82) is 0 Å². The molecule has 0 spiro atoms. The van der Waals surface area contributed by atoms with Crippen LogP contribution in [0.2, 0.25) is 5.02 Å². The molecule has 3 heterocycles. The first kappa shape index (κ1) is 22.8. The van der Waals surface area contributed by atoms with E-state index >= 15 is 0 Å². The summed E-state index contributed by atoms with van der Waals surface area (Å²) in [6.45, 7) is 4.05. The van der Waals surface area contributed by atoms with Crippen LogP contribution in [0, 0.1) is 12.7 Å². The van der Waals surface area contributed by atoms with Gasteiger partial charge in [0.25, 0.3) is 0 Å². The van der Waals surface area contributed by atoms with Gasteiger partial charge in [-0.1, -0.05) is 29.8 Å². The third-order valence-corrected chi connectivity index (χ3v) is 5.50. The van der Waals surface area contributed by atoms with Gasteiger partial charge in [0.05, 0.1) is 31.3 Å². The zero-order chi connectivity index (χ0) is 23.2. The number of Topliss-reactive ketones (excluding diaryl/α,β-unsaturated/α-hetero) is 1. The highest BCUT2D eigenvalue weighted by Crippen LogP contribution is 2.21. The van der Waals surface area contributed by atoms with Crippen molar-refractivity contribution in [3.8, 4) is 0 Å². The molecule has 8 nitrogen and oxygen atoms in total. The molecule has 1 aliphatic heterocycles. The number of hydrazone groups is 1. The summed E-state index contributed by atoms with van der Waals surface area (Å²) in [5, 5.41) is 4.64. The second-order valence-corrected chi connectivity index (χ2v) is 7.82. The minimum atomic E-state index is -0.506. The van der Waals surface area contributed by atoms with Crippen molar-refractivity contribution in [2.24, 2.45) is 5.10 Å². The van der Waals surface area contributed by atoms with Crippen LogP contribution in [0.15, 0.2) is 47.7 Å². The molecule has 1 aliphatic rings. The van der Waals surface area contributed by atoms with E-state index in [2.05, 4.69) is 25.5 Å². The van der Waals surface area contributed by atoms with Crippen LogP contribution in [-0.4, -0.2) is 53.3 Å². The molecule has 0 saturated carbocycles. The van der Waals surface area contributed by atoms with E-state index in [0.29, 0.717) is 42.7 Å². The Morgan fingerprint density at radius 2 is 2.03 bits per heavy atom. The van der Waals surface area contributed by atoms with E-state index in [1.54, 1.807) is 29.2 Å². The summed E-state index contributed by atoms with van der Waals surface area (Å²) in [5.74, 6) is -0.304. The molecule has 0 radical (unpaired) electrons. The number of pyridine rings is 1. The lowest BCUT2D eigenvalue weighted by atomic mass is 10.0. The molecule has 3 aromatic rings. The first-order valence-corrected chi connectivity index (χ1v) is 10.8. The molecule has 170 valence electrons. The summed E-state index contributed by atoms with van der Waals surface area (Å²) >= 11 is 6.24. The van der Waals surface area contributed by atoms with Crippen LogP contribution in [0.3, 0.4) is 0 Å². The highest BCUT2D eigenvalue weighted by molar-refractivity contribution is 6.31. The molecule has 0 aliphatic carbocycles. The fourth-order valence-electron chi connectivity index (χ4n) is 3.39. The Bertz CT molecular complexity index is 1160. The molecular weight excluding hydrogens is 447 g/mol. The first-order chi connectivity index (χ1) is 16.0. The van der Waals surface area contributed by atoms with Crippen molar-refractivity contribution in [3.05, 3.63) is 75.9 Å². The average molecular weight is 469 g/mol. The molecule has 2 aromatic heterocycles. The van der Waals surface area contributed by atoms with Crippen molar-refractivity contribution in [1.82, 2.24) is 15.0 Å². The number of ether oxygens (including phenoxy) is 1. The van der Waals surface area contributed by atoms with Gasteiger partial charge in [0.15, 0.2) is 17.4 Å². The van der Waals surface area contributed by atoms with E-state index in [4.69, 9.17) is 16.3 Å². The molecule has 0 amide bonds. The van der Waals surface area contributed by atoms with Crippen molar-refractivity contribution in [2.75, 3.05) is 36.6 Å². The Morgan fingerprint density at radius 1 is 1.24 bits per heavy atom. The van der Waals surface area contributed by atoms with E-state index in [0.717, 1.165) is 17.3 Å². The minimum Gasteiger partial charge on any atom is -0.378 e. The lowest BCUT2D eigenvalue weighted by Crippen LogP contribution is -2.37. The lowest BCUT2D eigenvalue weighted by Gasteiger charge is -2.27. The summed E-state index contributed by atoms with van der Waals surface area (Å²) < 4.78 is 19.4. The van der Waals surface area contributed by atoms with Crippen molar-refractivity contribution < 1.29 is 13.9 Å². The Hall–Kier alpha value is -3.43. The topological polar surface area (TPSA) is 92.6 Å². The number of nitrogens with zero attached hydrogens (tertiary/aromatic N) is 5. The summed E-state index contributed by atoms with van der Waals surface area (Å²) in [7, 11) is 0. The molecule has 4 rings (SSSR count). The lowest BCUT2D eigenvalue weighted by molar-refractivity contribution is 0.0988. The highest BCUT2D eigenvalue weighted by Gasteiger charge is 2.18. The highest BCUT2D eigenvalue weighted by atomic mass is 35.5. The van der Waals surface area contributed by atoms with Gasteiger partial charge in [-0.25, -0.2) is 19.8 Å². The van der Waals surface area contributed by atoms with Gasteiger partial charge in [0.2, 0.25) is 5.95 Å². The average Bonchev–Trinajstić information content (AvgIpc) is 2.83. The van der Waals surface area contributed by atoms with Crippen LogP contribution >= 0.6 is 11.6 Å². The Labute approximate surface area is 195 Å². The summed E-state index contributed by atoms with van der Waals surface area (Å²) in [6.07, 6.45) is 2.70. The second kappa shape index (κ2) is 10.5. The van der Waals surface area contributed by atoms with Crippen LogP contribution in [0.5, 0.6) is 0 Å². The van der Waals surface area contributed by atoms with Crippen LogP contribution in [-0.2, 0) is 11.2 Å². The molecule has 1 fully saturated rings. The predicted molar refractivity (Wildman–Crippen MR) is 125 cm³/mol. The number of rotatable bonds is 7. The molecular formula is C23H22ClFN6O2. The fourth-order valence-corrected chi connectivity index (χ4v) is 3.67. The number of carbonyl (C=O) groups excluding carboxylic acids is 1. The van der Waals surface area contributed by atoms with Crippen molar-refractivity contribution >= 4 is 35.4 Å². The van der Waals surface area contributed by atoms with Crippen molar-refractivity contribution in [3.63, 3.8) is 0 Å². The standard InChI is InChI=1S/C23H22ClFN6O2/c1-15-4-2-6-18(24)17(15)12-21(32)20-7-3-5-16(28-20)13-27-30-23-26-14-19(25)22(29-23)31-8-10-33-11-9-31/h2-7,13-14H,8-12H2,1H3,(H,26,29,30)/b27-13+. The number of halogens is 2. The number of carbonyl (C=O) groups is 1. The zero-order valence-corrected chi connectivity index (χ0v) is 18.7. The Kier molecular flexibility index (Phi) is 7.21. The van der Waals surface area contributed by atoms with Gasteiger partial charge < -0.3 is 9.64 Å². The number of anilines is 2. The van der Waals surface area contributed by atoms with Gasteiger partial charge in [-0.3, -0.25) is 4.79 Å². The number of hydrogen-bond acceptors (Lipinski definition) is 8. The fraction of sp³-hybridized carbons (Fsp3) is 0.261. The van der Waals surface area contributed by atoms with Crippen LogP contribution < -0.4 is 10.3 Å².